The van der Waals surface area contributed by atoms with Gasteiger partial charge in [0.25, 0.3) is 5.91 Å². The maximum atomic E-state index is 12.0. The highest BCUT2D eigenvalue weighted by atomic mass is 16.2. The van der Waals surface area contributed by atoms with Crippen LogP contribution in [0.25, 0.3) is 0 Å². The van der Waals surface area contributed by atoms with E-state index in [2.05, 4.69) is 0 Å². The van der Waals surface area contributed by atoms with E-state index in [1.807, 2.05) is 18.2 Å². The number of carbonyl (C=O) groups excluding carboxylic acids is 2. The fourth-order valence-corrected chi connectivity index (χ4v) is 1.89. The Morgan fingerprint density at radius 1 is 1.31 bits per heavy atom. The van der Waals surface area contributed by atoms with E-state index in [1.165, 1.54) is 0 Å². The topological polar surface area (TPSA) is 40.6 Å². The molecule has 2 aliphatic rings. The molecule has 4 nitrogen and oxygen atoms in total. The summed E-state index contributed by atoms with van der Waals surface area (Å²) in [4.78, 5) is 26.8. The van der Waals surface area contributed by atoms with Crippen LogP contribution >= 0.6 is 0 Å². The van der Waals surface area contributed by atoms with Crippen LogP contribution in [0, 0.1) is 0 Å². The third-order valence-corrected chi connectivity index (χ3v) is 2.99. The second-order valence-corrected chi connectivity index (χ2v) is 4.18. The van der Waals surface area contributed by atoms with Gasteiger partial charge in [-0.25, -0.2) is 0 Å². The summed E-state index contributed by atoms with van der Waals surface area (Å²) in [5.41, 5.74) is 0.726. The first-order valence-electron chi connectivity index (χ1n) is 5.58. The quantitative estimate of drug-likeness (QED) is 0.648. The molecule has 0 atom stereocenters. The normalized spacial score (nSPS) is 21.1. The van der Waals surface area contributed by atoms with Crippen molar-refractivity contribution in [3.05, 3.63) is 23.8 Å². The molecule has 1 aliphatic heterocycles. The van der Waals surface area contributed by atoms with Crippen LogP contribution in [0.4, 0.5) is 0 Å². The van der Waals surface area contributed by atoms with E-state index < -0.39 is 0 Å². The van der Waals surface area contributed by atoms with Crippen molar-refractivity contribution in [2.75, 3.05) is 26.7 Å². The summed E-state index contributed by atoms with van der Waals surface area (Å²) >= 11 is 0. The Morgan fingerprint density at radius 2 is 2.12 bits per heavy atom. The van der Waals surface area contributed by atoms with Crippen molar-refractivity contribution in [3.8, 4) is 0 Å². The van der Waals surface area contributed by atoms with Gasteiger partial charge < -0.3 is 9.80 Å². The van der Waals surface area contributed by atoms with Gasteiger partial charge in [-0.3, -0.25) is 9.59 Å². The molecule has 0 aromatic rings. The van der Waals surface area contributed by atoms with Gasteiger partial charge in [-0.05, 0) is 12.8 Å². The minimum Gasteiger partial charge on any atom is -0.342 e. The first-order valence-corrected chi connectivity index (χ1v) is 5.58. The average Bonchev–Trinajstić information content (AvgIpc) is 2.33. The Labute approximate surface area is 95.2 Å². The summed E-state index contributed by atoms with van der Waals surface area (Å²) < 4.78 is 0. The van der Waals surface area contributed by atoms with Crippen LogP contribution in [0.2, 0.25) is 0 Å². The van der Waals surface area contributed by atoms with Crippen LogP contribution in [0.3, 0.4) is 0 Å². The van der Waals surface area contributed by atoms with Gasteiger partial charge in [0, 0.05) is 25.7 Å². The molecular formula is C12H16N2O2. The van der Waals surface area contributed by atoms with Crippen molar-refractivity contribution in [3.63, 3.8) is 0 Å². The molecule has 4 heteroatoms. The zero-order valence-corrected chi connectivity index (χ0v) is 9.48. The molecule has 0 unspecified atom stereocenters. The Hall–Kier alpha value is -1.58. The largest absolute Gasteiger partial charge is 0.342 e. The molecule has 2 rings (SSSR count). The van der Waals surface area contributed by atoms with E-state index >= 15 is 0 Å². The van der Waals surface area contributed by atoms with Crippen LogP contribution in [0.1, 0.15) is 12.8 Å². The fraction of sp³-hybridized carbons (Fsp3) is 0.500. The molecule has 0 spiro atoms. The number of rotatable bonds is 1. The van der Waals surface area contributed by atoms with Crippen LogP contribution in [-0.2, 0) is 9.59 Å². The van der Waals surface area contributed by atoms with Gasteiger partial charge in [-0.2, -0.15) is 0 Å². The van der Waals surface area contributed by atoms with Crippen molar-refractivity contribution in [1.82, 2.24) is 9.80 Å². The molecule has 0 radical (unpaired) electrons. The third kappa shape index (κ3) is 2.15. The average molecular weight is 220 g/mol. The first-order chi connectivity index (χ1) is 7.68. The molecule has 1 fully saturated rings. The van der Waals surface area contributed by atoms with Crippen molar-refractivity contribution in [2.24, 2.45) is 0 Å². The van der Waals surface area contributed by atoms with E-state index in [-0.39, 0.29) is 18.4 Å². The molecule has 2 amide bonds. The Bertz CT molecular complexity index is 371. The van der Waals surface area contributed by atoms with Crippen LogP contribution in [-0.4, -0.2) is 48.3 Å². The number of nitrogens with zero attached hydrogens (tertiary/aromatic N) is 2. The van der Waals surface area contributed by atoms with Crippen LogP contribution < -0.4 is 0 Å². The Morgan fingerprint density at radius 3 is 2.75 bits per heavy atom. The lowest BCUT2D eigenvalue weighted by Gasteiger charge is -2.32. The molecule has 0 aromatic carbocycles. The number of piperazine rings is 1. The minimum absolute atomic E-state index is 0.0139. The fourth-order valence-electron chi connectivity index (χ4n) is 1.89. The van der Waals surface area contributed by atoms with Crippen LogP contribution in [0.5, 0.6) is 0 Å². The maximum Gasteiger partial charge on any atom is 0.254 e. The predicted molar refractivity (Wildman–Crippen MR) is 60.7 cm³/mol. The number of likely N-dealkylation sites (N-methyl/N-ethyl adjacent to an activating group) is 1. The van der Waals surface area contributed by atoms with Gasteiger partial charge in [0.15, 0.2) is 0 Å². The summed E-state index contributed by atoms with van der Waals surface area (Å²) in [5.74, 6) is -0.00242. The summed E-state index contributed by atoms with van der Waals surface area (Å²) in [7, 11) is 1.77. The SMILES string of the molecule is CN1CCN(C(=O)C2=CCCC=C2)CC1=O. The minimum atomic E-state index is -0.0163. The number of hydrogen-bond acceptors (Lipinski definition) is 2. The van der Waals surface area contributed by atoms with E-state index in [9.17, 15) is 9.59 Å². The lowest BCUT2D eigenvalue weighted by Crippen LogP contribution is -2.50. The highest BCUT2D eigenvalue weighted by molar-refractivity contribution is 5.98. The summed E-state index contributed by atoms with van der Waals surface area (Å²) in [6, 6.07) is 0. The van der Waals surface area contributed by atoms with Gasteiger partial charge in [-0.15, -0.1) is 0 Å². The van der Waals surface area contributed by atoms with E-state index in [0.717, 1.165) is 18.4 Å². The zero-order valence-electron chi connectivity index (χ0n) is 9.48. The molecule has 0 aromatic heterocycles. The standard InChI is InChI=1S/C12H16N2O2/c1-13-7-8-14(9-11(13)15)12(16)10-5-3-2-4-6-10/h3,5-6H,2,4,7-9H2,1H3. The first kappa shape index (κ1) is 10.9. The van der Waals surface area contributed by atoms with Crippen molar-refractivity contribution in [2.45, 2.75) is 12.8 Å². The third-order valence-electron chi connectivity index (χ3n) is 2.99. The van der Waals surface area contributed by atoms with E-state index in [1.54, 1.807) is 16.8 Å². The lowest BCUT2D eigenvalue weighted by atomic mass is 10.1. The smallest absolute Gasteiger partial charge is 0.254 e. The Balaban J connectivity index is 2.03. The second kappa shape index (κ2) is 4.51. The van der Waals surface area contributed by atoms with Gasteiger partial charge >= 0.3 is 0 Å². The van der Waals surface area contributed by atoms with Gasteiger partial charge in [0.2, 0.25) is 5.91 Å². The van der Waals surface area contributed by atoms with Crippen molar-refractivity contribution < 1.29 is 9.59 Å². The van der Waals surface area contributed by atoms with Crippen molar-refractivity contribution in [1.29, 1.82) is 0 Å². The van der Waals surface area contributed by atoms with Crippen molar-refractivity contribution >= 4 is 11.8 Å². The summed E-state index contributed by atoms with van der Waals surface area (Å²) in [5, 5.41) is 0. The maximum absolute atomic E-state index is 12.0. The Kier molecular flexibility index (Phi) is 3.08. The molecule has 16 heavy (non-hydrogen) atoms. The number of carbonyl (C=O) groups is 2. The predicted octanol–water partition coefficient (Wildman–Crippen LogP) is 0.563. The lowest BCUT2D eigenvalue weighted by molar-refractivity contribution is -0.142. The molecule has 86 valence electrons. The molecular weight excluding hydrogens is 204 g/mol. The van der Waals surface area contributed by atoms with Gasteiger partial charge in [0.1, 0.15) is 6.54 Å². The summed E-state index contributed by atoms with van der Waals surface area (Å²) in [6.45, 7) is 1.47. The molecule has 0 saturated carbocycles. The highest BCUT2D eigenvalue weighted by Crippen LogP contribution is 2.14. The number of amides is 2. The molecule has 1 heterocycles. The van der Waals surface area contributed by atoms with E-state index in [4.69, 9.17) is 0 Å². The molecule has 0 N–H and O–H groups in total. The summed E-state index contributed by atoms with van der Waals surface area (Å²) in [6.07, 6.45) is 7.72. The number of allylic oxidation sites excluding steroid dienone is 2. The second-order valence-electron chi connectivity index (χ2n) is 4.18. The number of hydrogen-bond donors (Lipinski definition) is 0. The van der Waals surface area contributed by atoms with E-state index in [0.29, 0.717) is 13.1 Å². The van der Waals surface area contributed by atoms with Gasteiger partial charge in [0.05, 0.1) is 0 Å². The molecule has 1 aliphatic carbocycles. The highest BCUT2D eigenvalue weighted by Gasteiger charge is 2.26. The zero-order chi connectivity index (χ0) is 11.5. The monoisotopic (exact) mass is 220 g/mol. The van der Waals surface area contributed by atoms with Gasteiger partial charge in [-0.1, -0.05) is 18.2 Å². The molecule has 1 saturated heterocycles. The molecule has 0 bridgehead atoms. The van der Waals surface area contributed by atoms with Crippen LogP contribution in [0.15, 0.2) is 23.8 Å².